The van der Waals surface area contributed by atoms with Gasteiger partial charge >= 0.3 is 0 Å². The molecule has 1 heterocycles. The molecule has 0 aromatic carbocycles. The van der Waals surface area contributed by atoms with Gasteiger partial charge in [0.25, 0.3) is 0 Å². The summed E-state index contributed by atoms with van der Waals surface area (Å²) < 4.78 is 0. The first-order valence-electron chi connectivity index (χ1n) is 6.73. The van der Waals surface area contributed by atoms with E-state index < -0.39 is 0 Å². The van der Waals surface area contributed by atoms with Crippen LogP contribution in [0.15, 0.2) is 0 Å². The Bertz CT molecular complexity index is 235. The Hall–Kier alpha value is -0.610. The molecule has 1 amide bonds. The molecule has 17 heavy (non-hydrogen) atoms. The molecule has 100 valence electrons. The predicted molar refractivity (Wildman–Crippen MR) is 71.0 cm³/mol. The standard InChI is InChI=1S/C13H27N3O/c1-11(2)9-16(12(3)4)10-13(17)15-7-5-14-6-8-15/h11-12,14H,5-10H2,1-4H3. The van der Waals surface area contributed by atoms with Gasteiger partial charge in [0.15, 0.2) is 0 Å². The van der Waals surface area contributed by atoms with Crippen molar-refractivity contribution in [3.8, 4) is 0 Å². The molecule has 0 bridgehead atoms. The Labute approximate surface area is 105 Å². The van der Waals surface area contributed by atoms with E-state index in [0.29, 0.717) is 18.5 Å². The highest BCUT2D eigenvalue weighted by Gasteiger charge is 2.20. The third-order valence-electron chi connectivity index (χ3n) is 3.14. The average Bonchev–Trinajstić information content (AvgIpc) is 2.28. The molecule has 0 radical (unpaired) electrons. The second-order valence-electron chi connectivity index (χ2n) is 5.55. The van der Waals surface area contributed by atoms with Gasteiger partial charge < -0.3 is 10.2 Å². The summed E-state index contributed by atoms with van der Waals surface area (Å²) in [5.74, 6) is 0.883. The summed E-state index contributed by atoms with van der Waals surface area (Å²) in [6, 6.07) is 0.435. The summed E-state index contributed by atoms with van der Waals surface area (Å²) in [6.07, 6.45) is 0. The fourth-order valence-corrected chi connectivity index (χ4v) is 2.11. The number of amides is 1. The normalized spacial score (nSPS) is 17.2. The largest absolute Gasteiger partial charge is 0.339 e. The molecule has 1 saturated heterocycles. The van der Waals surface area contributed by atoms with Crippen molar-refractivity contribution in [3.05, 3.63) is 0 Å². The number of carbonyl (C=O) groups excluding carboxylic acids is 1. The molecule has 0 spiro atoms. The summed E-state index contributed by atoms with van der Waals surface area (Å²) in [6.45, 7) is 13.8. The van der Waals surface area contributed by atoms with E-state index >= 15 is 0 Å². The molecule has 0 unspecified atom stereocenters. The second-order valence-corrected chi connectivity index (χ2v) is 5.55. The minimum absolute atomic E-state index is 0.279. The van der Waals surface area contributed by atoms with Crippen LogP contribution >= 0.6 is 0 Å². The van der Waals surface area contributed by atoms with Gasteiger partial charge in [0.05, 0.1) is 6.54 Å². The summed E-state index contributed by atoms with van der Waals surface area (Å²) in [7, 11) is 0. The van der Waals surface area contributed by atoms with Gasteiger partial charge in [0.2, 0.25) is 5.91 Å². The number of piperazine rings is 1. The molecular formula is C13H27N3O. The van der Waals surface area contributed by atoms with E-state index in [-0.39, 0.29) is 5.91 Å². The first kappa shape index (κ1) is 14.5. The van der Waals surface area contributed by atoms with Crippen molar-refractivity contribution in [2.75, 3.05) is 39.3 Å². The Morgan fingerprint density at radius 1 is 1.24 bits per heavy atom. The summed E-state index contributed by atoms with van der Waals surface area (Å²) >= 11 is 0. The van der Waals surface area contributed by atoms with Crippen molar-refractivity contribution in [2.45, 2.75) is 33.7 Å². The number of hydrogen-bond acceptors (Lipinski definition) is 3. The number of nitrogens with zero attached hydrogens (tertiary/aromatic N) is 2. The van der Waals surface area contributed by atoms with Crippen LogP contribution in [-0.4, -0.2) is 61.0 Å². The molecular weight excluding hydrogens is 214 g/mol. The van der Waals surface area contributed by atoms with E-state index in [9.17, 15) is 4.79 Å². The van der Waals surface area contributed by atoms with Crippen molar-refractivity contribution in [3.63, 3.8) is 0 Å². The van der Waals surface area contributed by atoms with Gasteiger partial charge in [-0.1, -0.05) is 13.8 Å². The summed E-state index contributed by atoms with van der Waals surface area (Å²) in [4.78, 5) is 16.4. The fraction of sp³-hybridized carbons (Fsp3) is 0.923. The Morgan fingerprint density at radius 3 is 2.29 bits per heavy atom. The van der Waals surface area contributed by atoms with Gasteiger partial charge in [-0.3, -0.25) is 9.69 Å². The monoisotopic (exact) mass is 241 g/mol. The maximum Gasteiger partial charge on any atom is 0.236 e. The zero-order chi connectivity index (χ0) is 12.8. The highest BCUT2D eigenvalue weighted by Crippen LogP contribution is 2.05. The SMILES string of the molecule is CC(C)CN(CC(=O)N1CCNCC1)C(C)C. The molecule has 0 atom stereocenters. The lowest BCUT2D eigenvalue weighted by atomic mass is 10.1. The third-order valence-corrected chi connectivity index (χ3v) is 3.14. The van der Waals surface area contributed by atoms with Crippen molar-refractivity contribution in [2.24, 2.45) is 5.92 Å². The van der Waals surface area contributed by atoms with E-state index in [1.54, 1.807) is 0 Å². The first-order chi connectivity index (χ1) is 8.00. The lowest BCUT2D eigenvalue weighted by molar-refractivity contribution is -0.133. The Kier molecular flexibility index (Phi) is 5.92. The second kappa shape index (κ2) is 6.97. The molecule has 4 heteroatoms. The van der Waals surface area contributed by atoms with Gasteiger partial charge in [0, 0.05) is 38.8 Å². The van der Waals surface area contributed by atoms with E-state index in [4.69, 9.17) is 0 Å². The van der Waals surface area contributed by atoms with Gasteiger partial charge in [-0.25, -0.2) is 0 Å². The molecule has 0 aliphatic carbocycles. The average molecular weight is 241 g/mol. The molecule has 4 nitrogen and oxygen atoms in total. The number of rotatable bonds is 5. The maximum absolute atomic E-state index is 12.2. The predicted octanol–water partition coefficient (Wildman–Crippen LogP) is 0.785. The van der Waals surface area contributed by atoms with Crippen LogP contribution in [0.1, 0.15) is 27.7 Å². The van der Waals surface area contributed by atoms with Crippen LogP contribution in [-0.2, 0) is 4.79 Å². The van der Waals surface area contributed by atoms with E-state index in [0.717, 1.165) is 32.7 Å². The van der Waals surface area contributed by atoms with Gasteiger partial charge in [-0.05, 0) is 19.8 Å². The van der Waals surface area contributed by atoms with Gasteiger partial charge in [-0.2, -0.15) is 0 Å². The van der Waals surface area contributed by atoms with Crippen LogP contribution in [0.25, 0.3) is 0 Å². The molecule has 1 N–H and O–H groups in total. The third kappa shape index (κ3) is 5.04. The van der Waals surface area contributed by atoms with Crippen LogP contribution in [0.3, 0.4) is 0 Å². The van der Waals surface area contributed by atoms with Crippen LogP contribution in [0.4, 0.5) is 0 Å². The maximum atomic E-state index is 12.2. The minimum atomic E-state index is 0.279. The van der Waals surface area contributed by atoms with Crippen LogP contribution in [0.2, 0.25) is 0 Å². The Morgan fingerprint density at radius 2 is 1.82 bits per heavy atom. The molecule has 0 saturated carbocycles. The summed E-state index contributed by atoms with van der Waals surface area (Å²) in [5.41, 5.74) is 0. The topological polar surface area (TPSA) is 35.6 Å². The first-order valence-corrected chi connectivity index (χ1v) is 6.73. The molecule has 0 aromatic rings. The summed E-state index contributed by atoms with van der Waals surface area (Å²) in [5, 5.41) is 3.27. The lowest BCUT2D eigenvalue weighted by Gasteiger charge is -2.32. The highest BCUT2D eigenvalue weighted by molar-refractivity contribution is 5.78. The lowest BCUT2D eigenvalue weighted by Crippen LogP contribution is -2.50. The van der Waals surface area contributed by atoms with Crippen molar-refractivity contribution in [1.29, 1.82) is 0 Å². The molecule has 1 aliphatic heterocycles. The fourth-order valence-electron chi connectivity index (χ4n) is 2.11. The van der Waals surface area contributed by atoms with Gasteiger partial charge in [-0.15, -0.1) is 0 Å². The smallest absolute Gasteiger partial charge is 0.236 e. The zero-order valence-corrected chi connectivity index (χ0v) is 11.7. The highest BCUT2D eigenvalue weighted by atomic mass is 16.2. The molecule has 1 aliphatic rings. The molecule has 1 fully saturated rings. The van der Waals surface area contributed by atoms with Crippen LogP contribution in [0.5, 0.6) is 0 Å². The van der Waals surface area contributed by atoms with E-state index in [2.05, 4.69) is 37.9 Å². The van der Waals surface area contributed by atoms with Crippen molar-refractivity contribution >= 4 is 5.91 Å². The number of carbonyl (C=O) groups is 1. The van der Waals surface area contributed by atoms with Crippen LogP contribution in [0, 0.1) is 5.92 Å². The van der Waals surface area contributed by atoms with Crippen LogP contribution < -0.4 is 5.32 Å². The minimum Gasteiger partial charge on any atom is -0.339 e. The Balaban J connectivity index is 2.44. The quantitative estimate of drug-likeness (QED) is 0.773. The molecule has 1 rings (SSSR count). The van der Waals surface area contributed by atoms with Crippen molar-refractivity contribution in [1.82, 2.24) is 15.1 Å². The molecule has 0 aromatic heterocycles. The zero-order valence-electron chi connectivity index (χ0n) is 11.7. The van der Waals surface area contributed by atoms with E-state index in [1.807, 2.05) is 4.90 Å². The van der Waals surface area contributed by atoms with Crippen molar-refractivity contribution < 1.29 is 4.79 Å². The number of nitrogens with one attached hydrogen (secondary N) is 1. The number of hydrogen-bond donors (Lipinski definition) is 1. The van der Waals surface area contributed by atoms with E-state index in [1.165, 1.54) is 0 Å². The van der Waals surface area contributed by atoms with Gasteiger partial charge in [0.1, 0.15) is 0 Å².